The van der Waals surface area contributed by atoms with Crippen molar-refractivity contribution < 1.29 is 9.53 Å². The fourth-order valence-electron chi connectivity index (χ4n) is 2.18. The van der Waals surface area contributed by atoms with E-state index < -0.39 is 0 Å². The number of ether oxygens (including phenoxy) is 1. The van der Waals surface area contributed by atoms with Gasteiger partial charge in [0.05, 0.1) is 13.0 Å². The van der Waals surface area contributed by atoms with Gasteiger partial charge < -0.3 is 15.4 Å². The van der Waals surface area contributed by atoms with Gasteiger partial charge in [-0.05, 0) is 29.7 Å². The molecule has 1 aromatic rings. The number of carbonyl (C=O) groups is 1. The first kappa shape index (κ1) is 13.6. The molecule has 19 heavy (non-hydrogen) atoms. The molecule has 0 aliphatic carbocycles. The molecule has 2 N–H and O–H groups in total. The summed E-state index contributed by atoms with van der Waals surface area (Å²) in [6.45, 7) is 2.13. The van der Waals surface area contributed by atoms with Crippen molar-refractivity contribution in [1.82, 2.24) is 4.90 Å². The Morgan fingerprint density at radius 3 is 2.68 bits per heavy atom. The largest absolute Gasteiger partial charge is 0.399 e. The van der Waals surface area contributed by atoms with Crippen LogP contribution in [0.1, 0.15) is 12.0 Å². The topological polar surface area (TPSA) is 55.6 Å². The number of hydrogen-bond acceptors (Lipinski definition) is 3. The van der Waals surface area contributed by atoms with Gasteiger partial charge in [0, 0.05) is 25.9 Å². The molecule has 1 aromatic carbocycles. The van der Waals surface area contributed by atoms with E-state index in [-0.39, 0.29) is 5.91 Å². The van der Waals surface area contributed by atoms with Crippen LogP contribution < -0.4 is 5.73 Å². The van der Waals surface area contributed by atoms with Crippen molar-refractivity contribution in [2.24, 2.45) is 0 Å². The second-order valence-corrected chi connectivity index (χ2v) is 4.80. The number of nitrogen functional groups attached to an aromatic ring is 1. The van der Waals surface area contributed by atoms with Gasteiger partial charge in [-0.15, -0.1) is 0 Å². The van der Waals surface area contributed by atoms with E-state index in [1.54, 1.807) is 7.11 Å². The lowest BCUT2D eigenvalue weighted by Gasteiger charge is -2.26. The smallest absolute Gasteiger partial charge is 0.227 e. The van der Waals surface area contributed by atoms with E-state index in [1.165, 1.54) is 5.57 Å². The molecule has 1 heterocycles. The lowest BCUT2D eigenvalue weighted by Crippen LogP contribution is -2.36. The summed E-state index contributed by atoms with van der Waals surface area (Å²) in [6.07, 6.45) is 3.43. The average Bonchev–Trinajstić information content (AvgIpc) is 2.42. The molecule has 0 saturated heterocycles. The monoisotopic (exact) mass is 260 g/mol. The predicted molar refractivity (Wildman–Crippen MR) is 75.7 cm³/mol. The van der Waals surface area contributed by atoms with Gasteiger partial charge >= 0.3 is 0 Å². The standard InChI is InChI=1S/C15H20N2O2/c1-19-11-13-6-8-17(9-7-13)15(18)10-12-2-4-14(16)5-3-12/h2-6H,7-11,16H2,1H3. The number of carbonyl (C=O) groups excluding carboxylic acids is 1. The second kappa shape index (κ2) is 6.38. The Morgan fingerprint density at radius 2 is 2.11 bits per heavy atom. The number of hydrogen-bond donors (Lipinski definition) is 1. The Bertz CT molecular complexity index is 466. The fourth-order valence-corrected chi connectivity index (χ4v) is 2.18. The first-order valence-corrected chi connectivity index (χ1v) is 6.48. The number of nitrogens with two attached hydrogens (primary N) is 1. The van der Waals surface area contributed by atoms with Gasteiger partial charge in [-0.25, -0.2) is 0 Å². The molecule has 102 valence electrons. The van der Waals surface area contributed by atoms with Crippen LogP contribution in [-0.2, 0) is 16.0 Å². The minimum atomic E-state index is 0.164. The summed E-state index contributed by atoms with van der Waals surface area (Å²) in [7, 11) is 1.69. The molecule has 4 heteroatoms. The highest BCUT2D eigenvalue weighted by atomic mass is 16.5. The highest BCUT2D eigenvalue weighted by molar-refractivity contribution is 5.79. The number of nitrogens with zero attached hydrogens (tertiary/aromatic N) is 1. The number of rotatable bonds is 4. The van der Waals surface area contributed by atoms with Crippen molar-refractivity contribution in [2.75, 3.05) is 32.5 Å². The Kier molecular flexibility index (Phi) is 4.58. The quantitative estimate of drug-likeness (QED) is 0.661. The van der Waals surface area contributed by atoms with E-state index >= 15 is 0 Å². The number of benzene rings is 1. The van der Waals surface area contributed by atoms with E-state index in [0.717, 1.165) is 24.2 Å². The summed E-state index contributed by atoms with van der Waals surface area (Å²) in [6, 6.07) is 7.47. The van der Waals surface area contributed by atoms with Gasteiger partial charge in [0.2, 0.25) is 5.91 Å². The summed E-state index contributed by atoms with van der Waals surface area (Å²) < 4.78 is 5.10. The zero-order valence-corrected chi connectivity index (χ0v) is 11.3. The third-order valence-corrected chi connectivity index (χ3v) is 3.32. The number of amides is 1. The molecule has 0 atom stereocenters. The van der Waals surface area contributed by atoms with E-state index in [1.807, 2.05) is 29.2 Å². The summed E-state index contributed by atoms with van der Waals surface area (Å²) >= 11 is 0. The summed E-state index contributed by atoms with van der Waals surface area (Å²) in [5.41, 5.74) is 8.63. The molecule has 0 unspecified atom stereocenters. The molecule has 0 saturated carbocycles. The SMILES string of the molecule is COCC1=CCN(C(=O)Cc2ccc(N)cc2)CC1. The van der Waals surface area contributed by atoms with Crippen molar-refractivity contribution in [3.05, 3.63) is 41.5 Å². The highest BCUT2D eigenvalue weighted by Crippen LogP contribution is 2.13. The molecule has 2 rings (SSSR count). The van der Waals surface area contributed by atoms with Gasteiger partial charge in [0.15, 0.2) is 0 Å². The zero-order valence-electron chi connectivity index (χ0n) is 11.3. The van der Waals surface area contributed by atoms with Crippen LogP contribution in [0.5, 0.6) is 0 Å². The highest BCUT2D eigenvalue weighted by Gasteiger charge is 2.17. The normalized spacial score (nSPS) is 15.2. The molecule has 1 amide bonds. The van der Waals surface area contributed by atoms with Crippen molar-refractivity contribution in [3.8, 4) is 0 Å². The van der Waals surface area contributed by atoms with Crippen molar-refractivity contribution in [1.29, 1.82) is 0 Å². The molecule has 0 radical (unpaired) electrons. The fraction of sp³-hybridized carbons (Fsp3) is 0.400. The van der Waals surface area contributed by atoms with Crippen molar-refractivity contribution in [3.63, 3.8) is 0 Å². The lowest BCUT2D eigenvalue weighted by atomic mass is 10.1. The lowest BCUT2D eigenvalue weighted by molar-refractivity contribution is -0.130. The zero-order chi connectivity index (χ0) is 13.7. The van der Waals surface area contributed by atoms with Gasteiger partial charge in [-0.3, -0.25) is 4.79 Å². The van der Waals surface area contributed by atoms with Crippen LogP contribution in [0.15, 0.2) is 35.9 Å². The van der Waals surface area contributed by atoms with Crippen LogP contribution in [0, 0.1) is 0 Å². The maximum atomic E-state index is 12.2. The summed E-state index contributed by atoms with van der Waals surface area (Å²) in [5, 5.41) is 0. The van der Waals surface area contributed by atoms with Crippen LogP contribution in [0.25, 0.3) is 0 Å². The third kappa shape index (κ3) is 3.83. The van der Waals surface area contributed by atoms with Crippen LogP contribution in [-0.4, -0.2) is 37.6 Å². The van der Waals surface area contributed by atoms with Crippen molar-refractivity contribution >= 4 is 11.6 Å². The van der Waals surface area contributed by atoms with Gasteiger partial charge in [0.1, 0.15) is 0 Å². The van der Waals surface area contributed by atoms with Crippen LogP contribution in [0.2, 0.25) is 0 Å². The van der Waals surface area contributed by atoms with E-state index in [2.05, 4.69) is 6.08 Å². The first-order valence-electron chi connectivity index (χ1n) is 6.48. The molecule has 0 aromatic heterocycles. The maximum absolute atomic E-state index is 12.2. The number of anilines is 1. The third-order valence-electron chi connectivity index (χ3n) is 3.32. The van der Waals surface area contributed by atoms with Gasteiger partial charge in [-0.2, -0.15) is 0 Å². The average molecular weight is 260 g/mol. The van der Waals surface area contributed by atoms with E-state index in [0.29, 0.717) is 19.6 Å². The van der Waals surface area contributed by atoms with E-state index in [4.69, 9.17) is 10.5 Å². The van der Waals surface area contributed by atoms with Gasteiger partial charge in [-0.1, -0.05) is 18.2 Å². The Morgan fingerprint density at radius 1 is 1.37 bits per heavy atom. The van der Waals surface area contributed by atoms with Crippen LogP contribution in [0.3, 0.4) is 0 Å². The Hall–Kier alpha value is -1.81. The van der Waals surface area contributed by atoms with Crippen LogP contribution in [0.4, 0.5) is 5.69 Å². The molecule has 4 nitrogen and oxygen atoms in total. The van der Waals surface area contributed by atoms with Crippen molar-refractivity contribution in [2.45, 2.75) is 12.8 Å². The molecule has 1 aliphatic rings. The Labute approximate surface area is 113 Å². The summed E-state index contributed by atoms with van der Waals surface area (Å²) in [5.74, 6) is 0.164. The molecule has 0 bridgehead atoms. The predicted octanol–water partition coefficient (Wildman–Crippen LogP) is 1.62. The Balaban J connectivity index is 1.89. The molecule has 1 aliphatic heterocycles. The minimum absolute atomic E-state index is 0.164. The number of methoxy groups -OCH3 is 1. The molecular weight excluding hydrogens is 240 g/mol. The van der Waals surface area contributed by atoms with Crippen LogP contribution >= 0.6 is 0 Å². The minimum Gasteiger partial charge on any atom is -0.399 e. The first-order chi connectivity index (χ1) is 9.19. The second-order valence-electron chi connectivity index (χ2n) is 4.80. The summed E-state index contributed by atoms with van der Waals surface area (Å²) in [4.78, 5) is 14.0. The van der Waals surface area contributed by atoms with E-state index in [9.17, 15) is 4.79 Å². The maximum Gasteiger partial charge on any atom is 0.227 e. The van der Waals surface area contributed by atoms with Gasteiger partial charge in [0.25, 0.3) is 0 Å². The molecule has 0 spiro atoms. The molecule has 0 fully saturated rings. The molecular formula is C15H20N2O2.